The van der Waals surface area contributed by atoms with E-state index in [0.29, 0.717) is 11.3 Å². The summed E-state index contributed by atoms with van der Waals surface area (Å²) in [7, 11) is 1.20. The third kappa shape index (κ3) is 2.80. The normalized spacial score (nSPS) is 15.7. The second-order valence-electron chi connectivity index (χ2n) is 6.92. The molecule has 4 nitrogen and oxygen atoms in total. The van der Waals surface area contributed by atoms with Crippen LogP contribution in [0.25, 0.3) is 0 Å². The van der Waals surface area contributed by atoms with Crippen molar-refractivity contribution in [2.45, 2.75) is 32.6 Å². The predicted molar refractivity (Wildman–Crippen MR) is 93.7 cm³/mol. The number of hydrogen-bond donors (Lipinski definition) is 0. The third-order valence-corrected chi connectivity index (χ3v) is 4.66. The van der Waals surface area contributed by atoms with Crippen molar-refractivity contribution >= 4 is 23.3 Å². The van der Waals surface area contributed by atoms with E-state index in [9.17, 15) is 14.0 Å². The SMILES string of the molecule is COC(=O)c1cc2c(cc1F)C(C)(C)CC(=O)N2c1ccccc1C. The number of ether oxygens (including phenoxy) is 1. The minimum Gasteiger partial charge on any atom is -0.465 e. The molecule has 0 fully saturated rings. The Labute approximate surface area is 146 Å². The fourth-order valence-corrected chi connectivity index (χ4v) is 3.32. The second kappa shape index (κ2) is 5.99. The zero-order valence-corrected chi connectivity index (χ0v) is 14.7. The highest BCUT2D eigenvalue weighted by atomic mass is 19.1. The van der Waals surface area contributed by atoms with Gasteiger partial charge in [-0.2, -0.15) is 0 Å². The first-order chi connectivity index (χ1) is 11.8. The van der Waals surface area contributed by atoms with Gasteiger partial charge in [-0.3, -0.25) is 9.69 Å². The fraction of sp³-hybridized carbons (Fsp3) is 0.300. The molecular weight excluding hydrogens is 321 g/mol. The molecule has 2 aromatic rings. The molecule has 0 radical (unpaired) electrons. The van der Waals surface area contributed by atoms with E-state index >= 15 is 0 Å². The maximum absolute atomic E-state index is 14.5. The molecule has 0 unspecified atom stereocenters. The summed E-state index contributed by atoms with van der Waals surface area (Å²) in [5.41, 5.74) is 2.17. The zero-order valence-electron chi connectivity index (χ0n) is 14.7. The largest absolute Gasteiger partial charge is 0.465 e. The van der Waals surface area contributed by atoms with Gasteiger partial charge in [0.2, 0.25) is 5.91 Å². The lowest BCUT2D eigenvalue weighted by atomic mass is 9.76. The van der Waals surface area contributed by atoms with E-state index in [1.54, 1.807) is 4.90 Å². The van der Waals surface area contributed by atoms with Gasteiger partial charge >= 0.3 is 5.97 Å². The Morgan fingerprint density at radius 1 is 1.20 bits per heavy atom. The maximum Gasteiger partial charge on any atom is 0.340 e. The Morgan fingerprint density at radius 3 is 2.52 bits per heavy atom. The molecule has 1 heterocycles. The van der Waals surface area contributed by atoms with E-state index < -0.39 is 17.2 Å². The first-order valence-electron chi connectivity index (χ1n) is 8.07. The van der Waals surface area contributed by atoms with Crippen molar-refractivity contribution < 1.29 is 18.7 Å². The van der Waals surface area contributed by atoms with Gasteiger partial charge in [-0.15, -0.1) is 0 Å². The number of fused-ring (bicyclic) bond motifs is 1. The number of halogens is 1. The van der Waals surface area contributed by atoms with Gasteiger partial charge in [0.1, 0.15) is 5.82 Å². The van der Waals surface area contributed by atoms with Gasteiger partial charge in [-0.25, -0.2) is 9.18 Å². The molecular formula is C20H20FNO3. The quantitative estimate of drug-likeness (QED) is 0.767. The second-order valence-corrected chi connectivity index (χ2v) is 6.92. The molecule has 0 atom stereocenters. The van der Waals surface area contributed by atoms with Crippen LogP contribution in [0.3, 0.4) is 0 Å². The highest BCUT2D eigenvalue weighted by molar-refractivity contribution is 6.06. The summed E-state index contributed by atoms with van der Waals surface area (Å²) >= 11 is 0. The lowest BCUT2D eigenvalue weighted by Gasteiger charge is -2.39. The predicted octanol–water partition coefficient (Wildman–Crippen LogP) is 4.27. The number of carbonyl (C=O) groups excluding carboxylic acids is 2. The van der Waals surface area contributed by atoms with Gasteiger partial charge in [0, 0.05) is 11.8 Å². The molecule has 0 saturated carbocycles. The molecule has 0 bridgehead atoms. The van der Waals surface area contributed by atoms with Crippen molar-refractivity contribution in [2.75, 3.05) is 12.0 Å². The number of methoxy groups -OCH3 is 1. The zero-order chi connectivity index (χ0) is 18.4. The summed E-state index contributed by atoms with van der Waals surface area (Å²) in [6.07, 6.45) is 0.255. The van der Waals surface area contributed by atoms with E-state index in [0.717, 1.165) is 11.3 Å². The van der Waals surface area contributed by atoms with Crippen LogP contribution in [0.5, 0.6) is 0 Å². The van der Waals surface area contributed by atoms with E-state index in [1.165, 1.54) is 19.2 Å². The van der Waals surface area contributed by atoms with Gasteiger partial charge in [0.05, 0.1) is 24.0 Å². The summed E-state index contributed by atoms with van der Waals surface area (Å²) < 4.78 is 19.1. The Balaban J connectivity index is 2.29. The molecule has 25 heavy (non-hydrogen) atoms. The number of amides is 1. The molecule has 130 valence electrons. The number of benzene rings is 2. The first-order valence-corrected chi connectivity index (χ1v) is 8.07. The van der Waals surface area contributed by atoms with Crippen LogP contribution in [0.15, 0.2) is 36.4 Å². The summed E-state index contributed by atoms with van der Waals surface area (Å²) in [6, 6.07) is 10.3. The lowest BCUT2D eigenvalue weighted by molar-refractivity contribution is -0.119. The summed E-state index contributed by atoms with van der Waals surface area (Å²) in [6.45, 7) is 5.71. The molecule has 2 aromatic carbocycles. The molecule has 3 rings (SSSR count). The number of hydrogen-bond acceptors (Lipinski definition) is 3. The number of carbonyl (C=O) groups is 2. The molecule has 0 N–H and O–H groups in total. The van der Waals surface area contributed by atoms with Crippen molar-refractivity contribution in [3.8, 4) is 0 Å². The number of anilines is 2. The van der Waals surface area contributed by atoms with Crippen LogP contribution in [-0.4, -0.2) is 19.0 Å². The highest BCUT2D eigenvalue weighted by Crippen LogP contribution is 2.45. The Hall–Kier alpha value is -2.69. The number of esters is 1. The monoisotopic (exact) mass is 341 g/mol. The van der Waals surface area contributed by atoms with Gasteiger partial charge in [-0.1, -0.05) is 32.0 Å². The van der Waals surface area contributed by atoms with Crippen LogP contribution in [0, 0.1) is 12.7 Å². The summed E-state index contributed by atoms with van der Waals surface area (Å²) in [5.74, 6) is -1.49. The molecule has 0 spiro atoms. The first kappa shape index (κ1) is 17.1. The molecule has 0 aromatic heterocycles. The third-order valence-electron chi connectivity index (χ3n) is 4.66. The van der Waals surface area contributed by atoms with Crippen molar-refractivity contribution in [2.24, 2.45) is 0 Å². The smallest absolute Gasteiger partial charge is 0.340 e. The number of para-hydroxylation sites is 1. The lowest BCUT2D eigenvalue weighted by Crippen LogP contribution is -2.39. The van der Waals surface area contributed by atoms with Crippen molar-refractivity contribution in [1.82, 2.24) is 0 Å². The average Bonchev–Trinajstić information content (AvgIpc) is 2.55. The Kier molecular flexibility index (Phi) is 4.11. The molecule has 1 aliphatic heterocycles. The van der Waals surface area contributed by atoms with Crippen LogP contribution in [0.4, 0.5) is 15.8 Å². The van der Waals surface area contributed by atoms with Gasteiger partial charge in [0.25, 0.3) is 0 Å². The van der Waals surface area contributed by atoms with E-state index in [4.69, 9.17) is 0 Å². The highest BCUT2D eigenvalue weighted by Gasteiger charge is 2.39. The molecule has 0 saturated heterocycles. The molecule has 5 heteroatoms. The van der Waals surface area contributed by atoms with Gasteiger partial charge in [0.15, 0.2) is 0 Å². The van der Waals surface area contributed by atoms with Crippen LogP contribution in [-0.2, 0) is 14.9 Å². The van der Waals surface area contributed by atoms with Crippen LogP contribution in [0.2, 0.25) is 0 Å². The minimum atomic E-state index is -0.763. The van der Waals surface area contributed by atoms with E-state index in [1.807, 2.05) is 45.0 Å². The van der Waals surface area contributed by atoms with E-state index in [-0.39, 0.29) is 17.9 Å². The van der Waals surface area contributed by atoms with Gasteiger partial charge < -0.3 is 4.74 Å². The van der Waals surface area contributed by atoms with Crippen molar-refractivity contribution in [3.05, 3.63) is 58.9 Å². The number of rotatable bonds is 2. The maximum atomic E-state index is 14.5. The molecule has 1 amide bonds. The number of aryl methyl sites for hydroxylation is 1. The number of nitrogens with zero attached hydrogens (tertiary/aromatic N) is 1. The average molecular weight is 341 g/mol. The summed E-state index contributed by atoms with van der Waals surface area (Å²) in [5, 5.41) is 0. The van der Waals surface area contributed by atoms with Crippen LogP contribution < -0.4 is 4.90 Å². The van der Waals surface area contributed by atoms with Crippen molar-refractivity contribution in [1.29, 1.82) is 0 Å². The van der Waals surface area contributed by atoms with Crippen LogP contribution in [0.1, 0.15) is 41.8 Å². The minimum absolute atomic E-state index is 0.0887. The Bertz CT molecular complexity index is 873. The summed E-state index contributed by atoms with van der Waals surface area (Å²) in [4.78, 5) is 26.4. The molecule has 1 aliphatic rings. The van der Waals surface area contributed by atoms with Crippen LogP contribution >= 0.6 is 0 Å². The van der Waals surface area contributed by atoms with E-state index in [2.05, 4.69) is 4.74 Å². The fourth-order valence-electron chi connectivity index (χ4n) is 3.32. The van der Waals surface area contributed by atoms with Crippen molar-refractivity contribution in [3.63, 3.8) is 0 Å². The standard InChI is InChI=1S/C20H20FNO3/c1-12-7-5-6-8-16(12)22-17-9-13(19(24)25-4)15(21)10-14(17)20(2,3)11-18(22)23/h5-10H,11H2,1-4H3. The van der Waals surface area contributed by atoms with Gasteiger partial charge in [-0.05, 0) is 36.2 Å². The topological polar surface area (TPSA) is 46.6 Å². The Morgan fingerprint density at radius 2 is 1.88 bits per heavy atom. The molecule has 0 aliphatic carbocycles.